The summed E-state index contributed by atoms with van der Waals surface area (Å²) >= 11 is 0. The van der Waals surface area contributed by atoms with Crippen LogP contribution in [0.15, 0.2) is 36.5 Å². The van der Waals surface area contributed by atoms with E-state index in [1.807, 2.05) is 16.7 Å². The van der Waals surface area contributed by atoms with Gasteiger partial charge in [-0.05, 0) is 30.9 Å². The second-order valence-corrected chi connectivity index (χ2v) is 8.17. The van der Waals surface area contributed by atoms with E-state index in [0.717, 1.165) is 17.7 Å². The number of ether oxygens (including phenoxy) is 1. The van der Waals surface area contributed by atoms with Crippen molar-refractivity contribution in [2.24, 2.45) is 5.92 Å². The predicted molar refractivity (Wildman–Crippen MR) is 123 cm³/mol. The third-order valence-corrected chi connectivity index (χ3v) is 5.09. The molecule has 3 rings (SSSR count). The third kappa shape index (κ3) is 5.23. The molecule has 7 heteroatoms. The van der Waals surface area contributed by atoms with Crippen molar-refractivity contribution < 1.29 is 14.3 Å². The standard InChI is InChI=1S/C24H30N4O3/c1-15(2)9-10-28-22(24(30)31-5)21(27-17(4)29)20-12-19(14-26-23(20)28)25-13-18-8-6-7-16(3)11-18/h6-8,11-12,14-15,25H,9-10,13H2,1-5H3,(H,27,29). The number of pyridine rings is 1. The Bertz CT molecular complexity index is 1100. The number of aryl methyl sites for hydroxylation is 2. The number of carbonyl (C=O) groups excluding carboxylic acids is 2. The van der Waals surface area contributed by atoms with Crippen molar-refractivity contribution in [3.05, 3.63) is 53.3 Å². The minimum absolute atomic E-state index is 0.258. The zero-order valence-electron chi connectivity index (χ0n) is 18.8. The van der Waals surface area contributed by atoms with E-state index in [0.29, 0.717) is 41.4 Å². The lowest BCUT2D eigenvalue weighted by molar-refractivity contribution is -0.114. The fraction of sp³-hybridized carbons (Fsp3) is 0.375. The van der Waals surface area contributed by atoms with Crippen molar-refractivity contribution in [3.63, 3.8) is 0 Å². The van der Waals surface area contributed by atoms with Gasteiger partial charge in [0.2, 0.25) is 5.91 Å². The molecule has 0 bridgehead atoms. The summed E-state index contributed by atoms with van der Waals surface area (Å²) in [5.41, 5.74) is 4.56. The van der Waals surface area contributed by atoms with Gasteiger partial charge in [-0.25, -0.2) is 9.78 Å². The van der Waals surface area contributed by atoms with E-state index in [4.69, 9.17) is 4.74 Å². The Labute approximate surface area is 182 Å². The third-order valence-electron chi connectivity index (χ3n) is 5.09. The van der Waals surface area contributed by atoms with Gasteiger partial charge >= 0.3 is 5.97 Å². The number of amides is 1. The minimum Gasteiger partial charge on any atom is -0.464 e. The highest BCUT2D eigenvalue weighted by molar-refractivity contribution is 6.10. The Morgan fingerprint density at radius 1 is 1.23 bits per heavy atom. The number of carbonyl (C=O) groups is 2. The first-order chi connectivity index (χ1) is 14.8. The molecule has 2 N–H and O–H groups in total. The first-order valence-electron chi connectivity index (χ1n) is 10.5. The van der Waals surface area contributed by atoms with Crippen LogP contribution in [-0.2, 0) is 22.6 Å². The molecule has 0 aliphatic rings. The molecule has 2 aromatic heterocycles. The quantitative estimate of drug-likeness (QED) is 0.512. The summed E-state index contributed by atoms with van der Waals surface area (Å²) in [7, 11) is 1.34. The maximum atomic E-state index is 12.6. The maximum Gasteiger partial charge on any atom is 0.356 e. The van der Waals surface area contributed by atoms with Gasteiger partial charge in [0.1, 0.15) is 5.65 Å². The summed E-state index contributed by atoms with van der Waals surface area (Å²) < 4.78 is 6.87. The lowest BCUT2D eigenvalue weighted by atomic mass is 10.1. The SMILES string of the molecule is COC(=O)c1c(NC(C)=O)c2cc(NCc3cccc(C)c3)cnc2n1CCC(C)C. The van der Waals surface area contributed by atoms with Crippen LogP contribution in [0.4, 0.5) is 11.4 Å². The fourth-order valence-corrected chi connectivity index (χ4v) is 3.56. The molecular formula is C24H30N4O3. The van der Waals surface area contributed by atoms with Gasteiger partial charge in [0.25, 0.3) is 0 Å². The van der Waals surface area contributed by atoms with Crippen LogP contribution in [0.2, 0.25) is 0 Å². The molecule has 164 valence electrons. The van der Waals surface area contributed by atoms with Crippen LogP contribution in [0, 0.1) is 12.8 Å². The van der Waals surface area contributed by atoms with Gasteiger partial charge in [-0.3, -0.25) is 4.79 Å². The first kappa shape index (κ1) is 22.3. The zero-order valence-corrected chi connectivity index (χ0v) is 18.8. The van der Waals surface area contributed by atoms with Gasteiger partial charge in [-0.1, -0.05) is 43.7 Å². The highest BCUT2D eigenvalue weighted by Gasteiger charge is 2.25. The van der Waals surface area contributed by atoms with Crippen LogP contribution in [-0.4, -0.2) is 28.5 Å². The van der Waals surface area contributed by atoms with Gasteiger partial charge in [-0.15, -0.1) is 0 Å². The summed E-state index contributed by atoms with van der Waals surface area (Å²) in [6.45, 7) is 8.97. The molecule has 7 nitrogen and oxygen atoms in total. The molecule has 1 aromatic carbocycles. The second kappa shape index (κ2) is 9.64. The number of benzene rings is 1. The highest BCUT2D eigenvalue weighted by Crippen LogP contribution is 2.33. The van der Waals surface area contributed by atoms with Crippen LogP contribution in [0.1, 0.15) is 48.8 Å². The average Bonchev–Trinajstić information content (AvgIpc) is 3.02. The molecule has 0 aliphatic heterocycles. The van der Waals surface area contributed by atoms with Crippen molar-refractivity contribution in [3.8, 4) is 0 Å². The number of rotatable bonds is 8. The number of nitrogens with one attached hydrogen (secondary N) is 2. The van der Waals surface area contributed by atoms with Gasteiger partial charge in [0, 0.05) is 25.4 Å². The number of hydrogen-bond donors (Lipinski definition) is 2. The van der Waals surface area contributed by atoms with Gasteiger partial charge < -0.3 is 19.9 Å². The molecule has 0 radical (unpaired) electrons. The van der Waals surface area contributed by atoms with Crippen molar-refractivity contribution >= 4 is 34.3 Å². The number of hydrogen-bond acceptors (Lipinski definition) is 5. The lowest BCUT2D eigenvalue weighted by Gasteiger charge is -2.11. The van der Waals surface area contributed by atoms with E-state index in [2.05, 4.69) is 54.6 Å². The van der Waals surface area contributed by atoms with E-state index in [1.165, 1.54) is 19.6 Å². The molecule has 2 heterocycles. The number of fused-ring (bicyclic) bond motifs is 1. The van der Waals surface area contributed by atoms with E-state index in [-0.39, 0.29) is 5.91 Å². The van der Waals surface area contributed by atoms with Gasteiger partial charge in [-0.2, -0.15) is 0 Å². The Kier molecular flexibility index (Phi) is 6.95. The van der Waals surface area contributed by atoms with Crippen LogP contribution >= 0.6 is 0 Å². The Morgan fingerprint density at radius 2 is 2.00 bits per heavy atom. The molecule has 0 aliphatic carbocycles. The number of aromatic nitrogens is 2. The van der Waals surface area contributed by atoms with Crippen LogP contribution in [0.3, 0.4) is 0 Å². The second-order valence-electron chi connectivity index (χ2n) is 8.17. The maximum absolute atomic E-state index is 12.6. The molecule has 0 saturated carbocycles. The van der Waals surface area contributed by atoms with Crippen molar-refractivity contribution in [2.75, 3.05) is 17.7 Å². The molecule has 1 amide bonds. The topological polar surface area (TPSA) is 85.2 Å². The largest absolute Gasteiger partial charge is 0.464 e. The normalized spacial score (nSPS) is 11.0. The lowest BCUT2D eigenvalue weighted by Crippen LogP contribution is -2.16. The van der Waals surface area contributed by atoms with E-state index < -0.39 is 5.97 Å². The molecule has 0 spiro atoms. The van der Waals surface area contributed by atoms with Gasteiger partial charge in [0.15, 0.2) is 5.69 Å². The van der Waals surface area contributed by atoms with E-state index in [9.17, 15) is 9.59 Å². The molecule has 3 aromatic rings. The summed E-state index contributed by atoms with van der Waals surface area (Å²) in [5, 5.41) is 6.90. The Balaban J connectivity index is 2.05. The van der Waals surface area contributed by atoms with Crippen LogP contribution in [0.5, 0.6) is 0 Å². The molecule has 0 saturated heterocycles. The highest BCUT2D eigenvalue weighted by atomic mass is 16.5. The van der Waals surface area contributed by atoms with Crippen molar-refractivity contribution in [2.45, 2.75) is 47.2 Å². The summed E-state index contributed by atoms with van der Waals surface area (Å²) in [5.74, 6) is -0.312. The molecule has 0 unspecified atom stereocenters. The zero-order chi connectivity index (χ0) is 22.5. The van der Waals surface area contributed by atoms with E-state index >= 15 is 0 Å². The van der Waals surface area contributed by atoms with Crippen LogP contribution < -0.4 is 10.6 Å². The summed E-state index contributed by atoms with van der Waals surface area (Å²) in [6.07, 6.45) is 2.62. The molecular weight excluding hydrogens is 392 g/mol. The van der Waals surface area contributed by atoms with Crippen molar-refractivity contribution in [1.82, 2.24) is 9.55 Å². The Hall–Kier alpha value is -3.35. The first-order valence-corrected chi connectivity index (χ1v) is 10.5. The predicted octanol–water partition coefficient (Wildman–Crippen LogP) is 4.75. The van der Waals surface area contributed by atoms with Crippen molar-refractivity contribution in [1.29, 1.82) is 0 Å². The van der Waals surface area contributed by atoms with Crippen LogP contribution in [0.25, 0.3) is 11.0 Å². The summed E-state index contributed by atoms with van der Waals surface area (Å²) in [6, 6.07) is 10.2. The Morgan fingerprint density at radius 3 is 2.65 bits per heavy atom. The van der Waals surface area contributed by atoms with E-state index in [1.54, 1.807) is 6.20 Å². The number of methoxy groups -OCH3 is 1. The fourth-order valence-electron chi connectivity index (χ4n) is 3.56. The average molecular weight is 423 g/mol. The monoisotopic (exact) mass is 422 g/mol. The smallest absolute Gasteiger partial charge is 0.356 e. The molecule has 0 fully saturated rings. The summed E-state index contributed by atoms with van der Waals surface area (Å²) in [4.78, 5) is 29.2. The number of esters is 1. The minimum atomic E-state index is -0.500. The van der Waals surface area contributed by atoms with Gasteiger partial charge in [0.05, 0.1) is 24.7 Å². The number of nitrogens with zero attached hydrogens (tertiary/aromatic N) is 2. The molecule has 0 atom stereocenters. The molecule has 31 heavy (non-hydrogen) atoms. The number of anilines is 2.